The number of fused-ring (bicyclic) bond motifs is 1. The predicted molar refractivity (Wildman–Crippen MR) is 123 cm³/mol. The van der Waals surface area contributed by atoms with E-state index in [1.165, 1.54) is 12.1 Å². The van der Waals surface area contributed by atoms with Gasteiger partial charge in [-0.25, -0.2) is 22.5 Å². The number of pyridine rings is 1. The molecule has 4 heterocycles. The zero-order valence-electron chi connectivity index (χ0n) is 18.7. The number of piperazine rings is 1. The van der Waals surface area contributed by atoms with Crippen LogP contribution in [0.25, 0.3) is 22.3 Å². The lowest BCUT2D eigenvalue weighted by Gasteiger charge is -2.32. The van der Waals surface area contributed by atoms with E-state index in [2.05, 4.69) is 10.00 Å². The van der Waals surface area contributed by atoms with Crippen molar-refractivity contribution >= 4 is 26.8 Å². The van der Waals surface area contributed by atoms with Crippen LogP contribution in [0.3, 0.4) is 0 Å². The third-order valence-corrected chi connectivity index (χ3v) is 8.30. The second-order valence-corrected chi connectivity index (χ2v) is 11.2. The highest BCUT2D eigenvalue weighted by atomic mass is 32.2. The molecule has 1 amide bonds. The van der Waals surface area contributed by atoms with Crippen molar-refractivity contribution in [3.63, 3.8) is 0 Å². The van der Waals surface area contributed by atoms with E-state index in [9.17, 15) is 17.6 Å². The van der Waals surface area contributed by atoms with Crippen molar-refractivity contribution in [2.45, 2.75) is 19.4 Å². The number of hydrogen-bond acceptors (Lipinski definition) is 6. The number of halogens is 1. The molecule has 0 spiro atoms. The van der Waals surface area contributed by atoms with Gasteiger partial charge in [0.2, 0.25) is 0 Å². The zero-order chi connectivity index (χ0) is 23.3. The summed E-state index contributed by atoms with van der Waals surface area (Å²) < 4.78 is 39.4. The van der Waals surface area contributed by atoms with Crippen LogP contribution in [0, 0.1) is 12.7 Å². The number of carbonyl (C=O) groups is 1. The molecule has 0 aliphatic carbocycles. The molecule has 2 fully saturated rings. The SMILES string of the molecule is Cc1nn([C@H]2CCS(=O)(=O)C2)c2nc(-c3ccc(F)cc3)cc(C(=O)N3CCN(C)CC3)c12. The van der Waals surface area contributed by atoms with Gasteiger partial charge in [-0.3, -0.25) is 4.79 Å². The number of likely N-dealkylation sites (N-methyl/N-ethyl adjacent to an activating group) is 1. The Kier molecular flexibility index (Phi) is 5.44. The Morgan fingerprint density at radius 3 is 2.45 bits per heavy atom. The number of sulfone groups is 1. The summed E-state index contributed by atoms with van der Waals surface area (Å²) in [5.74, 6) is -0.331. The third kappa shape index (κ3) is 4.13. The lowest BCUT2D eigenvalue weighted by Crippen LogP contribution is -2.47. The molecule has 2 aliphatic rings. The van der Waals surface area contributed by atoms with Crippen molar-refractivity contribution in [2.75, 3.05) is 44.7 Å². The maximum Gasteiger partial charge on any atom is 0.254 e. The first-order valence-corrected chi connectivity index (χ1v) is 12.9. The van der Waals surface area contributed by atoms with Crippen LogP contribution >= 0.6 is 0 Å². The highest BCUT2D eigenvalue weighted by Gasteiger charge is 2.33. The van der Waals surface area contributed by atoms with E-state index in [4.69, 9.17) is 4.98 Å². The van der Waals surface area contributed by atoms with E-state index in [0.29, 0.717) is 53.1 Å². The third-order valence-electron chi connectivity index (χ3n) is 6.55. The normalized spacial score (nSPS) is 21.1. The average Bonchev–Trinajstić information content (AvgIpc) is 3.32. The molecule has 10 heteroatoms. The Morgan fingerprint density at radius 2 is 1.82 bits per heavy atom. The first-order chi connectivity index (χ1) is 15.7. The van der Waals surface area contributed by atoms with Crippen LogP contribution in [0.4, 0.5) is 4.39 Å². The van der Waals surface area contributed by atoms with Crippen molar-refractivity contribution in [1.29, 1.82) is 0 Å². The largest absolute Gasteiger partial charge is 0.336 e. The van der Waals surface area contributed by atoms with Crippen LogP contribution in [0.5, 0.6) is 0 Å². The standard InChI is InChI=1S/C23H26FN5O3S/c1-15-21-19(23(30)28-10-8-27(2)9-11-28)13-20(16-3-5-17(24)6-4-16)25-22(21)29(26-15)18-7-12-33(31,32)14-18/h3-6,13,18H,7-12,14H2,1-2H3/t18-/m0/s1. The van der Waals surface area contributed by atoms with Crippen LogP contribution < -0.4 is 0 Å². The molecule has 0 radical (unpaired) electrons. The Hall–Kier alpha value is -2.85. The van der Waals surface area contributed by atoms with Crippen molar-refractivity contribution in [1.82, 2.24) is 24.6 Å². The van der Waals surface area contributed by atoms with Gasteiger partial charge in [-0.05, 0) is 50.7 Å². The van der Waals surface area contributed by atoms with E-state index in [1.807, 2.05) is 18.9 Å². The molecule has 1 atom stereocenters. The van der Waals surface area contributed by atoms with Gasteiger partial charge >= 0.3 is 0 Å². The number of aryl methyl sites for hydroxylation is 1. The zero-order valence-corrected chi connectivity index (χ0v) is 19.5. The summed E-state index contributed by atoms with van der Waals surface area (Å²) in [5, 5.41) is 5.28. The minimum absolute atomic E-state index is 0.00736. The minimum atomic E-state index is -3.13. The molecule has 0 unspecified atom stereocenters. The minimum Gasteiger partial charge on any atom is -0.336 e. The van der Waals surface area contributed by atoms with Crippen LogP contribution in [0.2, 0.25) is 0 Å². The number of aromatic nitrogens is 3. The van der Waals surface area contributed by atoms with Gasteiger partial charge in [0.15, 0.2) is 15.5 Å². The molecule has 174 valence electrons. The summed E-state index contributed by atoms with van der Waals surface area (Å²) in [6, 6.07) is 7.39. The molecule has 2 aliphatic heterocycles. The van der Waals surface area contributed by atoms with E-state index < -0.39 is 9.84 Å². The predicted octanol–water partition coefficient (Wildman–Crippen LogP) is 2.29. The lowest BCUT2D eigenvalue weighted by molar-refractivity contribution is 0.0666. The molecular formula is C23H26FN5O3S. The smallest absolute Gasteiger partial charge is 0.254 e. The summed E-state index contributed by atoms with van der Waals surface area (Å²) >= 11 is 0. The van der Waals surface area contributed by atoms with Crippen molar-refractivity contribution < 1.29 is 17.6 Å². The van der Waals surface area contributed by atoms with Crippen LogP contribution in [0.1, 0.15) is 28.5 Å². The molecule has 5 rings (SSSR count). The Labute approximate surface area is 191 Å². The van der Waals surface area contributed by atoms with E-state index in [0.717, 1.165) is 13.1 Å². The fraction of sp³-hybridized carbons (Fsp3) is 0.435. The van der Waals surface area contributed by atoms with Crippen molar-refractivity contribution in [3.8, 4) is 11.3 Å². The van der Waals surface area contributed by atoms with E-state index in [1.54, 1.807) is 22.9 Å². The molecular weight excluding hydrogens is 445 g/mol. The highest BCUT2D eigenvalue weighted by molar-refractivity contribution is 7.91. The fourth-order valence-electron chi connectivity index (χ4n) is 4.65. The van der Waals surface area contributed by atoms with Gasteiger partial charge < -0.3 is 9.80 Å². The number of benzene rings is 1. The summed E-state index contributed by atoms with van der Waals surface area (Å²) in [6.07, 6.45) is 0.461. The molecule has 2 aromatic heterocycles. The Morgan fingerprint density at radius 1 is 1.12 bits per heavy atom. The molecule has 3 aromatic rings. The Bertz CT molecular complexity index is 1330. The summed E-state index contributed by atoms with van der Waals surface area (Å²) in [4.78, 5) is 22.4. The molecule has 2 saturated heterocycles. The van der Waals surface area contributed by atoms with Gasteiger partial charge in [0, 0.05) is 31.7 Å². The van der Waals surface area contributed by atoms with Gasteiger partial charge in [0.05, 0.1) is 39.9 Å². The van der Waals surface area contributed by atoms with Crippen molar-refractivity contribution in [3.05, 3.63) is 47.4 Å². The van der Waals surface area contributed by atoms with Crippen LogP contribution in [-0.4, -0.2) is 83.6 Å². The van der Waals surface area contributed by atoms with E-state index >= 15 is 0 Å². The highest BCUT2D eigenvalue weighted by Crippen LogP contribution is 2.32. The molecule has 1 aromatic carbocycles. The summed E-state index contributed by atoms with van der Waals surface area (Å²) in [6.45, 7) is 4.66. The number of amides is 1. The summed E-state index contributed by atoms with van der Waals surface area (Å²) in [5.41, 5.74) is 2.84. The van der Waals surface area contributed by atoms with Gasteiger partial charge in [-0.15, -0.1) is 0 Å². The number of hydrogen-bond donors (Lipinski definition) is 0. The molecule has 0 N–H and O–H groups in total. The monoisotopic (exact) mass is 471 g/mol. The first-order valence-electron chi connectivity index (χ1n) is 11.1. The number of nitrogens with zero attached hydrogens (tertiary/aromatic N) is 5. The van der Waals surface area contributed by atoms with Crippen LogP contribution in [-0.2, 0) is 9.84 Å². The summed E-state index contributed by atoms with van der Waals surface area (Å²) in [7, 11) is -1.10. The molecule has 0 bridgehead atoms. The maximum absolute atomic E-state index is 13.6. The van der Waals surface area contributed by atoms with Gasteiger partial charge in [-0.1, -0.05) is 0 Å². The van der Waals surface area contributed by atoms with Gasteiger partial charge in [-0.2, -0.15) is 5.10 Å². The van der Waals surface area contributed by atoms with E-state index in [-0.39, 0.29) is 29.3 Å². The van der Waals surface area contributed by atoms with Gasteiger partial charge in [0.1, 0.15) is 5.82 Å². The second-order valence-electron chi connectivity index (χ2n) is 8.94. The topological polar surface area (TPSA) is 88.4 Å². The number of carbonyl (C=O) groups excluding carboxylic acids is 1. The maximum atomic E-state index is 13.6. The molecule has 8 nitrogen and oxygen atoms in total. The fourth-order valence-corrected chi connectivity index (χ4v) is 6.34. The Balaban J connectivity index is 1.67. The molecule has 33 heavy (non-hydrogen) atoms. The average molecular weight is 472 g/mol. The second kappa shape index (κ2) is 8.18. The lowest BCUT2D eigenvalue weighted by atomic mass is 10.0. The van der Waals surface area contributed by atoms with Crippen molar-refractivity contribution in [2.24, 2.45) is 0 Å². The van der Waals surface area contributed by atoms with Gasteiger partial charge in [0.25, 0.3) is 5.91 Å². The first kappa shape index (κ1) is 22.0. The quantitative estimate of drug-likeness (QED) is 0.583. The number of rotatable bonds is 3. The van der Waals surface area contributed by atoms with Crippen LogP contribution in [0.15, 0.2) is 30.3 Å². The molecule has 0 saturated carbocycles.